The van der Waals surface area contributed by atoms with Crippen LogP contribution in [0, 0.1) is 6.92 Å². The number of hydrogen-bond donors (Lipinski definition) is 1. The third kappa shape index (κ3) is 3.84. The van der Waals surface area contributed by atoms with Gasteiger partial charge in [0.1, 0.15) is 0 Å². The molecule has 96 valence electrons. The van der Waals surface area contributed by atoms with Crippen LogP contribution in [-0.2, 0) is 6.42 Å². The Balaban J connectivity index is 1.82. The van der Waals surface area contributed by atoms with Gasteiger partial charge in [-0.25, -0.2) is 0 Å². The molecule has 1 N–H and O–H groups in total. The van der Waals surface area contributed by atoms with E-state index in [4.69, 9.17) is 11.6 Å². The quantitative estimate of drug-likeness (QED) is 0.843. The summed E-state index contributed by atoms with van der Waals surface area (Å²) in [5, 5.41) is 3.53. The first-order valence-corrected chi connectivity index (χ1v) is 7.39. The van der Waals surface area contributed by atoms with Crippen LogP contribution in [0.2, 0.25) is 4.34 Å². The van der Waals surface area contributed by atoms with E-state index in [0.717, 1.165) is 17.3 Å². The molecule has 1 nitrogen and oxygen atoms in total. The summed E-state index contributed by atoms with van der Waals surface area (Å²) in [6, 6.07) is 13.1. The van der Waals surface area contributed by atoms with Crippen LogP contribution in [0.1, 0.15) is 29.0 Å². The summed E-state index contributed by atoms with van der Waals surface area (Å²) in [5.74, 6) is 0. The van der Waals surface area contributed by atoms with Crippen LogP contribution in [0.25, 0.3) is 0 Å². The first-order chi connectivity index (χ1) is 8.65. The molecule has 2 rings (SSSR count). The largest absolute Gasteiger partial charge is 0.309 e. The molecule has 0 amide bonds. The van der Waals surface area contributed by atoms with Crippen molar-refractivity contribution in [1.82, 2.24) is 5.32 Å². The van der Waals surface area contributed by atoms with Gasteiger partial charge in [0, 0.05) is 10.9 Å². The Labute approximate surface area is 118 Å². The summed E-state index contributed by atoms with van der Waals surface area (Å²) >= 11 is 7.59. The van der Waals surface area contributed by atoms with E-state index in [2.05, 4.69) is 49.5 Å². The van der Waals surface area contributed by atoms with Gasteiger partial charge in [-0.3, -0.25) is 0 Å². The Morgan fingerprint density at radius 2 is 2.11 bits per heavy atom. The molecule has 0 aliphatic carbocycles. The average molecular weight is 280 g/mol. The molecule has 1 aromatic heterocycles. The lowest BCUT2D eigenvalue weighted by Gasteiger charge is -2.12. The van der Waals surface area contributed by atoms with Gasteiger partial charge in [0.15, 0.2) is 0 Å². The van der Waals surface area contributed by atoms with Crippen LogP contribution >= 0.6 is 22.9 Å². The van der Waals surface area contributed by atoms with Crippen LogP contribution in [0.5, 0.6) is 0 Å². The monoisotopic (exact) mass is 279 g/mol. The number of hydrogen-bond acceptors (Lipinski definition) is 2. The summed E-state index contributed by atoms with van der Waals surface area (Å²) in [6.07, 6.45) is 1.06. The highest BCUT2D eigenvalue weighted by Crippen LogP contribution is 2.26. The number of benzene rings is 1. The minimum atomic E-state index is 0.368. The highest BCUT2D eigenvalue weighted by molar-refractivity contribution is 7.16. The molecule has 0 fully saturated rings. The summed E-state index contributed by atoms with van der Waals surface area (Å²) in [4.78, 5) is 1.30. The molecule has 1 heterocycles. The second-order valence-electron chi connectivity index (χ2n) is 4.56. The Morgan fingerprint density at radius 3 is 2.78 bits per heavy atom. The van der Waals surface area contributed by atoms with E-state index in [1.54, 1.807) is 11.3 Å². The molecule has 1 unspecified atom stereocenters. The van der Waals surface area contributed by atoms with Crippen molar-refractivity contribution in [3.05, 3.63) is 56.7 Å². The van der Waals surface area contributed by atoms with Crippen LogP contribution in [0.4, 0.5) is 0 Å². The molecule has 1 aromatic carbocycles. The van der Waals surface area contributed by atoms with Gasteiger partial charge in [-0.15, -0.1) is 11.3 Å². The van der Waals surface area contributed by atoms with E-state index in [9.17, 15) is 0 Å². The molecule has 0 saturated heterocycles. The second kappa shape index (κ2) is 6.37. The maximum Gasteiger partial charge on any atom is 0.0931 e. The fourth-order valence-electron chi connectivity index (χ4n) is 1.96. The van der Waals surface area contributed by atoms with Gasteiger partial charge in [-0.2, -0.15) is 0 Å². The van der Waals surface area contributed by atoms with Crippen molar-refractivity contribution in [2.75, 3.05) is 6.54 Å². The van der Waals surface area contributed by atoms with E-state index in [1.165, 1.54) is 16.0 Å². The molecule has 0 spiro atoms. The number of aryl methyl sites for hydroxylation is 1. The van der Waals surface area contributed by atoms with E-state index in [-0.39, 0.29) is 0 Å². The highest BCUT2D eigenvalue weighted by Gasteiger charge is 2.07. The van der Waals surface area contributed by atoms with Crippen LogP contribution < -0.4 is 5.32 Å². The van der Waals surface area contributed by atoms with Gasteiger partial charge in [0.25, 0.3) is 0 Å². The van der Waals surface area contributed by atoms with Crippen molar-refractivity contribution in [3.8, 4) is 0 Å². The first-order valence-electron chi connectivity index (χ1n) is 6.19. The van der Waals surface area contributed by atoms with Gasteiger partial charge < -0.3 is 5.32 Å². The summed E-state index contributed by atoms with van der Waals surface area (Å²) in [6.45, 7) is 5.30. The maximum absolute atomic E-state index is 5.94. The van der Waals surface area contributed by atoms with Gasteiger partial charge >= 0.3 is 0 Å². The Bertz CT molecular complexity index is 507. The summed E-state index contributed by atoms with van der Waals surface area (Å²) in [5.41, 5.74) is 2.71. The summed E-state index contributed by atoms with van der Waals surface area (Å²) < 4.78 is 0.859. The number of thiophene rings is 1. The lowest BCUT2D eigenvalue weighted by Crippen LogP contribution is -2.20. The smallest absolute Gasteiger partial charge is 0.0931 e. The van der Waals surface area contributed by atoms with Crippen molar-refractivity contribution >= 4 is 22.9 Å². The zero-order valence-corrected chi connectivity index (χ0v) is 12.3. The van der Waals surface area contributed by atoms with Crippen LogP contribution in [-0.4, -0.2) is 6.54 Å². The van der Waals surface area contributed by atoms with Gasteiger partial charge in [0.05, 0.1) is 4.34 Å². The lowest BCUT2D eigenvalue weighted by atomic mass is 10.1. The average Bonchev–Trinajstić information content (AvgIpc) is 2.76. The number of nitrogens with one attached hydrogen (secondary N) is 1. The van der Waals surface area contributed by atoms with Gasteiger partial charge in [-0.05, 0) is 44.5 Å². The number of halogens is 1. The molecule has 2 aromatic rings. The van der Waals surface area contributed by atoms with Gasteiger partial charge in [-0.1, -0.05) is 41.4 Å². The van der Waals surface area contributed by atoms with E-state index in [0.29, 0.717) is 6.04 Å². The third-order valence-corrected chi connectivity index (χ3v) is 4.38. The molecule has 0 bridgehead atoms. The normalized spacial score (nSPS) is 12.6. The number of rotatable bonds is 5. The third-order valence-electron chi connectivity index (χ3n) is 2.97. The van der Waals surface area contributed by atoms with Crippen LogP contribution in [0.3, 0.4) is 0 Å². The Kier molecular flexibility index (Phi) is 4.81. The fourth-order valence-corrected chi connectivity index (χ4v) is 3.05. The predicted octanol–water partition coefficient (Wildman–Crippen LogP) is 4.60. The standard InChI is InChI=1S/C15H18ClNS/c1-11-4-3-5-13(10-11)8-9-17-12(2)14-6-7-15(16)18-14/h3-7,10,12,17H,8-9H2,1-2H3. The van der Waals surface area contributed by atoms with Crippen LogP contribution in [0.15, 0.2) is 36.4 Å². The second-order valence-corrected chi connectivity index (χ2v) is 6.30. The van der Waals surface area contributed by atoms with E-state index >= 15 is 0 Å². The lowest BCUT2D eigenvalue weighted by molar-refractivity contribution is 0.584. The molecule has 0 radical (unpaired) electrons. The van der Waals surface area contributed by atoms with Crippen molar-refractivity contribution < 1.29 is 0 Å². The molecule has 0 aliphatic heterocycles. The topological polar surface area (TPSA) is 12.0 Å². The summed E-state index contributed by atoms with van der Waals surface area (Å²) in [7, 11) is 0. The SMILES string of the molecule is Cc1cccc(CCNC(C)c2ccc(Cl)s2)c1. The predicted molar refractivity (Wildman–Crippen MR) is 80.6 cm³/mol. The Morgan fingerprint density at radius 1 is 1.28 bits per heavy atom. The Hall–Kier alpha value is -0.830. The maximum atomic E-state index is 5.94. The van der Waals surface area contributed by atoms with Crippen molar-refractivity contribution in [2.45, 2.75) is 26.3 Å². The minimum absolute atomic E-state index is 0.368. The highest BCUT2D eigenvalue weighted by atomic mass is 35.5. The van der Waals surface area contributed by atoms with Crippen molar-refractivity contribution in [1.29, 1.82) is 0 Å². The molecule has 3 heteroatoms. The minimum Gasteiger partial charge on any atom is -0.309 e. The molecule has 1 atom stereocenters. The van der Waals surface area contributed by atoms with E-state index in [1.807, 2.05) is 6.07 Å². The zero-order chi connectivity index (χ0) is 13.0. The molecular formula is C15H18ClNS. The first kappa shape index (κ1) is 13.6. The molecule has 0 saturated carbocycles. The zero-order valence-electron chi connectivity index (χ0n) is 10.7. The molecule has 0 aliphatic rings. The van der Waals surface area contributed by atoms with Crippen molar-refractivity contribution in [3.63, 3.8) is 0 Å². The molecule has 18 heavy (non-hydrogen) atoms. The van der Waals surface area contributed by atoms with E-state index < -0.39 is 0 Å². The van der Waals surface area contributed by atoms with Crippen molar-refractivity contribution in [2.24, 2.45) is 0 Å². The molecular weight excluding hydrogens is 262 g/mol. The van der Waals surface area contributed by atoms with Gasteiger partial charge in [0.2, 0.25) is 0 Å². The fraction of sp³-hybridized carbons (Fsp3) is 0.333.